The van der Waals surface area contributed by atoms with Gasteiger partial charge in [-0.1, -0.05) is 0 Å². The highest BCUT2D eigenvalue weighted by Gasteiger charge is 2.17. The van der Waals surface area contributed by atoms with Crippen molar-refractivity contribution in [2.24, 2.45) is 7.05 Å². The van der Waals surface area contributed by atoms with E-state index in [1.807, 2.05) is 0 Å². The van der Waals surface area contributed by atoms with Crippen LogP contribution < -0.4 is 11.1 Å². The maximum absolute atomic E-state index is 14.2. The fraction of sp³-hybridized carbons (Fsp3) is 0.188. The van der Waals surface area contributed by atoms with Gasteiger partial charge in [-0.3, -0.25) is 10.1 Å². The van der Waals surface area contributed by atoms with E-state index in [9.17, 15) is 9.18 Å². The van der Waals surface area contributed by atoms with Crippen molar-refractivity contribution in [1.29, 1.82) is 0 Å². The first-order valence-corrected chi connectivity index (χ1v) is 9.16. The van der Waals surface area contributed by atoms with Gasteiger partial charge in [-0.15, -0.1) is 11.3 Å². The van der Waals surface area contributed by atoms with Gasteiger partial charge in [-0.25, -0.2) is 14.4 Å². The number of benzene rings is 1. The molecule has 0 radical (unpaired) electrons. The van der Waals surface area contributed by atoms with E-state index in [1.165, 1.54) is 17.4 Å². The van der Waals surface area contributed by atoms with Gasteiger partial charge in [0.1, 0.15) is 5.82 Å². The molecular formula is C16H16FN5O2S2. The second-order valence-corrected chi connectivity index (χ2v) is 7.19. The van der Waals surface area contributed by atoms with E-state index in [0.29, 0.717) is 22.6 Å². The van der Waals surface area contributed by atoms with Crippen LogP contribution in [0.25, 0.3) is 0 Å². The summed E-state index contributed by atoms with van der Waals surface area (Å²) < 4.78 is 21.0. The molecule has 3 aromatic rings. The molecule has 0 fully saturated rings. The number of thiazole rings is 1. The predicted octanol–water partition coefficient (Wildman–Crippen LogP) is 3.15. The van der Waals surface area contributed by atoms with Crippen LogP contribution in [0.1, 0.15) is 16.1 Å². The van der Waals surface area contributed by atoms with Crippen LogP contribution in [-0.2, 0) is 18.4 Å². The van der Waals surface area contributed by atoms with E-state index < -0.39 is 11.7 Å². The van der Waals surface area contributed by atoms with Gasteiger partial charge in [0.25, 0.3) is 5.91 Å². The third-order valence-electron chi connectivity index (χ3n) is 3.39. The summed E-state index contributed by atoms with van der Waals surface area (Å²) in [6.07, 6.45) is 3.37. The first kappa shape index (κ1) is 18.4. The molecule has 0 bridgehead atoms. The lowest BCUT2D eigenvalue weighted by molar-refractivity contribution is 0.102. The zero-order valence-electron chi connectivity index (χ0n) is 14.0. The molecule has 1 aromatic carbocycles. The highest BCUT2D eigenvalue weighted by molar-refractivity contribution is 7.99. The zero-order valence-corrected chi connectivity index (χ0v) is 15.7. The van der Waals surface area contributed by atoms with Crippen molar-refractivity contribution >= 4 is 39.8 Å². The molecule has 0 saturated carbocycles. The number of ether oxygens (including phenoxy) is 1. The minimum Gasteiger partial charge on any atom is -0.398 e. The normalized spacial score (nSPS) is 10.9. The van der Waals surface area contributed by atoms with E-state index in [2.05, 4.69) is 15.3 Å². The molecule has 1 amide bonds. The Morgan fingerprint density at radius 2 is 2.31 bits per heavy atom. The van der Waals surface area contributed by atoms with Crippen LogP contribution in [-0.4, -0.2) is 27.6 Å². The molecule has 0 aliphatic heterocycles. The van der Waals surface area contributed by atoms with E-state index in [4.69, 9.17) is 10.5 Å². The summed E-state index contributed by atoms with van der Waals surface area (Å²) in [6, 6.07) is 2.56. The average molecular weight is 393 g/mol. The molecule has 2 aromatic heterocycles. The highest BCUT2D eigenvalue weighted by atomic mass is 32.2. The van der Waals surface area contributed by atoms with Crippen molar-refractivity contribution in [3.63, 3.8) is 0 Å². The summed E-state index contributed by atoms with van der Waals surface area (Å²) in [5.41, 5.74) is 6.77. The molecule has 0 aliphatic carbocycles. The van der Waals surface area contributed by atoms with E-state index >= 15 is 0 Å². The lowest BCUT2D eigenvalue weighted by Gasteiger charge is -2.09. The molecule has 136 valence electrons. The van der Waals surface area contributed by atoms with Gasteiger partial charge in [0.15, 0.2) is 10.3 Å². The summed E-state index contributed by atoms with van der Waals surface area (Å²) in [6.45, 7) is 0.357. The van der Waals surface area contributed by atoms with Crippen molar-refractivity contribution in [3.8, 4) is 0 Å². The second-order valence-electron chi connectivity index (χ2n) is 5.32. The molecule has 2 heterocycles. The van der Waals surface area contributed by atoms with Crippen LogP contribution in [0, 0.1) is 5.82 Å². The number of nitrogens with zero attached hydrogens (tertiary/aromatic N) is 3. The molecule has 0 unspecified atom stereocenters. The number of aromatic nitrogens is 3. The van der Waals surface area contributed by atoms with Gasteiger partial charge in [-0.05, 0) is 23.9 Å². The first-order chi connectivity index (χ1) is 12.5. The number of aryl methyl sites for hydroxylation is 1. The van der Waals surface area contributed by atoms with Crippen molar-refractivity contribution in [2.45, 2.75) is 16.7 Å². The number of amides is 1. The molecule has 3 N–H and O–H groups in total. The van der Waals surface area contributed by atoms with Gasteiger partial charge < -0.3 is 15.0 Å². The summed E-state index contributed by atoms with van der Waals surface area (Å²) >= 11 is 2.39. The maximum atomic E-state index is 14.2. The molecule has 0 spiro atoms. The number of carbonyl (C=O) groups is 1. The van der Waals surface area contributed by atoms with Gasteiger partial charge in [-0.2, -0.15) is 0 Å². The van der Waals surface area contributed by atoms with Crippen LogP contribution in [0.3, 0.4) is 0 Å². The number of halogens is 1. The van der Waals surface area contributed by atoms with Crippen LogP contribution in [0.2, 0.25) is 0 Å². The number of methoxy groups -OCH3 is 1. The summed E-state index contributed by atoms with van der Waals surface area (Å²) in [7, 11) is 3.37. The Balaban J connectivity index is 1.82. The Morgan fingerprint density at radius 3 is 3.00 bits per heavy atom. The topological polar surface area (TPSA) is 95.1 Å². The van der Waals surface area contributed by atoms with E-state index in [1.54, 1.807) is 36.5 Å². The van der Waals surface area contributed by atoms with E-state index in [-0.39, 0.29) is 16.1 Å². The third-order valence-corrected chi connectivity index (χ3v) is 5.31. The number of nitrogens with one attached hydrogen (secondary N) is 1. The summed E-state index contributed by atoms with van der Waals surface area (Å²) in [5, 5.41) is 5.48. The number of imidazole rings is 1. The Labute approximate surface area is 157 Å². The number of nitrogen functional groups attached to an aromatic ring is 1. The number of hydrogen-bond donors (Lipinski definition) is 2. The molecule has 26 heavy (non-hydrogen) atoms. The number of anilines is 2. The SMILES string of the molecule is COCc1csc(NC(=O)c2cc(Sc3nccn3C)c(F)cc2N)n1. The number of hydrogen-bond acceptors (Lipinski definition) is 7. The standard InChI is InChI=1S/C16H16FN5O2S2/c1-22-4-3-19-16(22)26-13-5-10(12(18)6-11(13)17)14(23)21-15-20-9(7-24-2)8-25-15/h3-6,8H,7,18H2,1-2H3,(H,20,21,23). The summed E-state index contributed by atoms with van der Waals surface area (Å²) in [4.78, 5) is 21.2. The monoisotopic (exact) mass is 393 g/mol. The highest BCUT2D eigenvalue weighted by Crippen LogP contribution is 2.31. The lowest BCUT2D eigenvalue weighted by atomic mass is 10.1. The maximum Gasteiger partial charge on any atom is 0.259 e. The Hall–Kier alpha value is -2.43. The average Bonchev–Trinajstić information content (AvgIpc) is 3.19. The van der Waals surface area contributed by atoms with Crippen molar-refractivity contribution in [3.05, 3.63) is 47.0 Å². The molecule has 0 aliphatic rings. The molecular weight excluding hydrogens is 377 g/mol. The molecule has 0 saturated heterocycles. The molecule has 10 heteroatoms. The second kappa shape index (κ2) is 7.85. The van der Waals surface area contributed by atoms with Crippen LogP contribution in [0.5, 0.6) is 0 Å². The van der Waals surface area contributed by atoms with Crippen molar-refractivity contribution < 1.29 is 13.9 Å². The number of nitrogens with two attached hydrogens (primary N) is 1. The van der Waals surface area contributed by atoms with Gasteiger partial charge >= 0.3 is 0 Å². The molecule has 0 atom stereocenters. The van der Waals surface area contributed by atoms with Gasteiger partial charge in [0.2, 0.25) is 0 Å². The Morgan fingerprint density at radius 1 is 1.50 bits per heavy atom. The zero-order chi connectivity index (χ0) is 18.7. The van der Waals surface area contributed by atoms with Gasteiger partial charge in [0, 0.05) is 37.6 Å². The van der Waals surface area contributed by atoms with Crippen LogP contribution >= 0.6 is 23.1 Å². The van der Waals surface area contributed by atoms with Gasteiger partial charge in [0.05, 0.1) is 22.8 Å². The van der Waals surface area contributed by atoms with E-state index in [0.717, 1.165) is 17.8 Å². The fourth-order valence-corrected chi connectivity index (χ4v) is 3.67. The summed E-state index contributed by atoms with van der Waals surface area (Å²) in [5.74, 6) is -0.966. The fourth-order valence-electron chi connectivity index (χ4n) is 2.14. The van der Waals surface area contributed by atoms with Crippen LogP contribution in [0.15, 0.2) is 40.0 Å². The third kappa shape index (κ3) is 4.03. The smallest absolute Gasteiger partial charge is 0.259 e. The van der Waals surface area contributed by atoms with Crippen molar-refractivity contribution in [2.75, 3.05) is 18.2 Å². The number of carbonyl (C=O) groups excluding carboxylic acids is 1. The largest absolute Gasteiger partial charge is 0.398 e. The predicted molar refractivity (Wildman–Crippen MR) is 98.9 cm³/mol. The first-order valence-electron chi connectivity index (χ1n) is 7.47. The molecule has 3 rings (SSSR count). The van der Waals surface area contributed by atoms with Crippen LogP contribution in [0.4, 0.5) is 15.2 Å². The Bertz CT molecular complexity index is 941. The quantitative estimate of drug-likeness (QED) is 0.625. The Kier molecular flexibility index (Phi) is 5.55. The minimum atomic E-state index is -0.510. The lowest BCUT2D eigenvalue weighted by Crippen LogP contribution is -2.14. The van der Waals surface area contributed by atoms with Crippen molar-refractivity contribution in [1.82, 2.24) is 14.5 Å². The number of rotatable bonds is 6. The minimum absolute atomic E-state index is 0.0536. The molecule has 7 nitrogen and oxygen atoms in total.